The maximum absolute atomic E-state index is 14.3. The van der Waals surface area contributed by atoms with Crippen LogP contribution in [0.4, 0.5) is 24.5 Å². The first-order valence-electron chi connectivity index (χ1n) is 9.09. The molecule has 0 unspecified atom stereocenters. The summed E-state index contributed by atoms with van der Waals surface area (Å²) >= 11 is 0. The summed E-state index contributed by atoms with van der Waals surface area (Å²) < 4.78 is 48.4. The zero-order valence-corrected chi connectivity index (χ0v) is 16.0. The van der Waals surface area contributed by atoms with Crippen LogP contribution in [0.3, 0.4) is 0 Å². The molecule has 2 aromatic rings. The molecule has 2 aromatic carbocycles. The Morgan fingerprint density at radius 1 is 1.20 bits per heavy atom. The van der Waals surface area contributed by atoms with Gasteiger partial charge in [-0.2, -0.15) is 8.78 Å². The van der Waals surface area contributed by atoms with Gasteiger partial charge in [0.1, 0.15) is 5.82 Å². The van der Waals surface area contributed by atoms with E-state index in [9.17, 15) is 22.8 Å². The van der Waals surface area contributed by atoms with Crippen LogP contribution in [-0.4, -0.2) is 32.1 Å². The summed E-state index contributed by atoms with van der Waals surface area (Å²) in [4.78, 5) is 25.3. The van der Waals surface area contributed by atoms with Gasteiger partial charge in [-0.05, 0) is 48.4 Å². The summed E-state index contributed by atoms with van der Waals surface area (Å²) in [5, 5.41) is 2.52. The predicted molar refractivity (Wildman–Crippen MR) is 105 cm³/mol. The Balaban J connectivity index is 1.66. The van der Waals surface area contributed by atoms with E-state index in [1.54, 1.807) is 0 Å². The number of carbonyl (C=O) groups excluding carboxylic acids is 2. The van der Waals surface area contributed by atoms with E-state index in [1.807, 2.05) is 0 Å². The van der Waals surface area contributed by atoms with Gasteiger partial charge in [-0.25, -0.2) is 4.39 Å². The lowest BCUT2D eigenvalue weighted by atomic mass is 10.2. The Kier molecular flexibility index (Phi) is 6.61. The van der Waals surface area contributed by atoms with Crippen molar-refractivity contribution in [2.75, 3.05) is 23.9 Å². The fraction of sp³-hybridized carbons (Fsp3) is 0.238. The summed E-state index contributed by atoms with van der Waals surface area (Å²) in [5.41, 5.74) is 0.928. The van der Waals surface area contributed by atoms with Crippen molar-refractivity contribution >= 4 is 29.3 Å². The van der Waals surface area contributed by atoms with Crippen molar-refractivity contribution in [1.82, 2.24) is 0 Å². The number of benzene rings is 2. The minimum absolute atomic E-state index is 0.0898. The van der Waals surface area contributed by atoms with Crippen LogP contribution in [0.15, 0.2) is 42.5 Å². The Labute approximate surface area is 170 Å². The Morgan fingerprint density at radius 3 is 2.63 bits per heavy atom. The number of nitrogens with one attached hydrogen (secondary N) is 1. The first kappa shape index (κ1) is 21.2. The highest BCUT2D eigenvalue weighted by molar-refractivity contribution is 6.02. The molecule has 0 aromatic heterocycles. The van der Waals surface area contributed by atoms with Gasteiger partial charge in [0, 0.05) is 24.7 Å². The molecule has 0 radical (unpaired) electrons. The molecule has 0 saturated carbocycles. The third-order valence-corrected chi connectivity index (χ3v) is 4.41. The fourth-order valence-corrected chi connectivity index (χ4v) is 3.04. The van der Waals surface area contributed by atoms with Gasteiger partial charge in [-0.3, -0.25) is 9.59 Å². The fourth-order valence-electron chi connectivity index (χ4n) is 3.04. The lowest BCUT2D eigenvalue weighted by Gasteiger charge is -2.17. The molecule has 9 heteroatoms. The standard InChI is InChI=1S/C21H19F3N2O4/c1-29-18-11-13(4-8-17(18)30-21(23)24)5-9-19(27)25-14-6-7-16(15(22)12-14)26-10-2-3-20(26)28/h4-9,11-12,21H,2-3,10H2,1H3,(H,25,27)/b9-5+. The van der Waals surface area contributed by atoms with E-state index in [1.165, 1.54) is 54.5 Å². The maximum Gasteiger partial charge on any atom is 0.387 e. The number of hydrogen-bond acceptors (Lipinski definition) is 4. The summed E-state index contributed by atoms with van der Waals surface area (Å²) in [6.45, 7) is -2.52. The van der Waals surface area contributed by atoms with Gasteiger partial charge >= 0.3 is 6.61 Å². The second-order valence-electron chi connectivity index (χ2n) is 6.43. The zero-order valence-electron chi connectivity index (χ0n) is 16.0. The molecule has 1 saturated heterocycles. The normalized spacial score (nSPS) is 13.9. The first-order valence-corrected chi connectivity index (χ1v) is 9.09. The van der Waals surface area contributed by atoms with E-state index in [4.69, 9.17) is 4.74 Å². The lowest BCUT2D eigenvalue weighted by molar-refractivity contribution is -0.117. The van der Waals surface area contributed by atoms with E-state index in [0.717, 1.165) is 6.07 Å². The van der Waals surface area contributed by atoms with Crippen molar-refractivity contribution in [3.63, 3.8) is 0 Å². The van der Waals surface area contributed by atoms with Crippen LogP contribution in [-0.2, 0) is 9.59 Å². The molecule has 2 amide bonds. The summed E-state index contributed by atoms with van der Waals surface area (Å²) in [7, 11) is 1.31. The molecule has 1 aliphatic heterocycles. The van der Waals surface area contributed by atoms with Gasteiger partial charge in [-0.1, -0.05) is 6.07 Å². The van der Waals surface area contributed by atoms with Gasteiger partial charge in [-0.15, -0.1) is 0 Å². The van der Waals surface area contributed by atoms with Crippen molar-refractivity contribution in [1.29, 1.82) is 0 Å². The van der Waals surface area contributed by atoms with E-state index in [2.05, 4.69) is 10.1 Å². The third kappa shape index (κ3) is 5.11. The summed E-state index contributed by atoms with van der Waals surface area (Å²) in [6, 6.07) is 8.32. The van der Waals surface area contributed by atoms with Gasteiger partial charge in [0.05, 0.1) is 12.8 Å². The van der Waals surface area contributed by atoms with E-state index < -0.39 is 18.3 Å². The number of ether oxygens (including phenoxy) is 2. The SMILES string of the molecule is COc1cc(/C=C/C(=O)Nc2ccc(N3CCCC3=O)c(F)c2)ccc1OC(F)F. The van der Waals surface area contributed by atoms with Crippen molar-refractivity contribution in [3.05, 3.63) is 53.9 Å². The second-order valence-corrected chi connectivity index (χ2v) is 6.43. The highest BCUT2D eigenvalue weighted by Gasteiger charge is 2.24. The second kappa shape index (κ2) is 9.34. The molecular formula is C21H19F3N2O4. The minimum Gasteiger partial charge on any atom is -0.493 e. The van der Waals surface area contributed by atoms with Crippen LogP contribution >= 0.6 is 0 Å². The van der Waals surface area contributed by atoms with E-state index >= 15 is 0 Å². The van der Waals surface area contributed by atoms with Crippen LogP contribution in [0, 0.1) is 5.82 Å². The molecule has 158 valence electrons. The molecule has 1 heterocycles. The number of rotatable bonds is 7. The quantitative estimate of drug-likeness (QED) is 0.682. The van der Waals surface area contributed by atoms with Crippen LogP contribution in [0.2, 0.25) is 0 Å². The molecule has 0 bridgehead atoms. The zero-order chi connectivity index (χ0) is 21.7. The van der Waals surface area contributed by atoms with Crippen molar-refractivity contribution in [2.45, 2.75) is 19.5 Å². The average molecular weight is 420 g/mol. The molecule has 0 aliphatic carbocycles. The Hall–Kier alpha value is -3.49. The highest BCUT2D eigenvalue weighted by Crippen LogP contribution is 2.30. The number of anilines is 2. The number of methoxy groups -OCH3 is 1. The van der Waals surface area contributed by atoms with E-state index in [0.29, 0.717) is 24.9 Å². The number of nitrogens with zero attached hydrogens (tertiary/aromatic N) is 1. The third-order valence-electron chi connectivity index (χ3n) is 4.41. The van der Waals surface area contributed by atoms with Crippen LogP contribution in [0.1, 0.15) is 18.4 Å². The monoisotopic (exact) mass is 420 g/mol. The lowest BCUT2D eigenvalue weighted by Crippen LogP contribution is -2.24. The Bertz CT molecular complexity index is 979. The number of alkyl halides is 2. The Morgan fingerprint density at radius 2 is 2.00 bits per heavy atom. The summed E-state index contributed by atoms with van der Waals surface area (Å²) in [5.74, 6) is -1.29. The first-order chi connectivity index (χ1) is 14.4. The topological polar surface area (TPSA) is 67.9 Å². The number of carbonyl (C=O) groups is 2. The molecule has 1 aliphatic rings. The predicted octanol–water partition coefficient (Wildman–Crippen LogP) is 4.21. The summed E-state index contributed by atoms with van der Waals surface area (Å²) in [6.07, 6.45) is 3.72. The molecule has 1 fully saturated rings. The number of halogens is 3. The van der Waals surface area contributed by atoms with Crippen molar-refractivity contribution in [2.24, 2.45) is 0 Å². The largest absolute Gasteiger partial charge is 0.493 e. The van der Waals surface area contributed by atoms with Crippen molar-refractivity contribution < 1.29 is 32.2 Å². The van der Waals surface area contributed by atoms with Crippen LogP contribution in [0.25, 0.3) is 6.08 Å². The van der Waals surface area contributed by atoms with Gasteiger partial charge in [0.2, 0.25) is 11.8 Å². The molecule has 0 atom stereocenters. The number of amides is 2. The van der Waals surface area contributed by atoms with Crippen LogP contribution < -0.4 is 19.7 Å². The maximum atomic E-state index is 14.3. The average Bonchev–Trinajstić information content (AvgIpc) is 3.12. The minimum atomic E-state index is -2.98. The highest BCUT2D eigenvalue weighted by atomic mass is 19.3. The number of hydrogen-bond donors (Lipinski definition) is 1. The smallest absolute Gasteiger partial charge is 0.387 e. The van der Waals surface area contributed by atoms with Crippen LogP contribution in [0.5, 0.6) is 11.5 Å². The molecule has 1 N–H and O–H groups in total. The molecule has 3 rings (SSSR count). The molecular weight excluding hydrogens is 401 g/mol. The molecule has 0 spiro atoms. The van der Waals surface area contributed by atoms with E-state index in [-0.39, 0.29) is 28.8 Å². The van der Waals surface area contributed by atoms with Gasteiger partial charge in [0.25, 0.3) is 0 Å². The van der Waals surface area contributed by atoms with Gasteiger partial charge < -0.3 is 19.7 Å². The molecule has 30 heavy (non-hydrogen) atoms. The van der Waals surface area contributed by atoms with Crippen molar-refractivity contribution in [3.8, 4) is 11.5 Å². The molecule has 6 nitrogen and oxygen atoms in total. The van der Waals surface area contributed by atoms with Gasteiger partial charge in [0.15, 0.2) is 11.5 Å².